The molecule has 0 fully saturated rings. The molecule has 0 bridgehead atoms. The summed E-state index contributed by atoms with van der Waals surface area (Å²) in [7, 11) is 0. The van der Waals surface area contributed by atoms with Crippen LogP contribution < -0.4 is 9.47 Å². The zero-order valence-corrected chi connectivity index (χ0v) is 15.9. The molecule has 0 aliphatic heterocycles. The number of nitrogens with zero attached hydrogens (tertiary/aromatic N) is 1. The maximum absolute atomic E-state index is 12.2. The van der Waals surface area contributed by atoms with Crippen LogP contribution in [0.2, 0.25) is 5.02 Å². The molecular weight excluding hydrogens is 378 g/mol. The van der Waals surface area contributed by atoms with E-state index in [0.29, 0.717) is 34.2 Å². The molecule has 0 atom stereocenters. The lowest BCUT2D eigenvalue weighted by molar-refractivity contribution is 0.0734. The Kier molecular flexibility index (Phi) is 6.29. The first-order valence-electron chi connectivity index (χ1n) is 8.63. The van der Waals surface area contributed by atoms with Gasteiger partial charge in [0.15, 0.2) is 0 Å². The molecule has 0 unspecified atom stereocenters. The molecule has 142 valence electrons. The second kappa shape index (κ2) is 9.06. The van der Waals surface area contributed by atoms with Crippen LogP contribution in [0.1, 0.15) is 22.8 Å². The van der Waals surface area contributed by atoms with Gasteiger partial charge in [0, 0.05) is 22.9 Å². The van der Waals surface area contributed by atoms with Gasteiger partial charge in [0.05, 0.1) is 17.9 Å². The molecule has 0 radical (unpaired) electrons. The number of aliphatic imine (C=N–C) groups is 1. The van der Waals surface area contributed by atoms with Gasteiger partial charge in [-0.15, -0.1) is 0 Å². The summed E-state index contributed by atoms with van der Waals surface area (Å²) in [6.45, 7) is 2.44. The van der Waals surface area contributed by atoms with Gasteiger partial charge in [-0.1, -0.05) is 17.7 Å². The predicted molar refractivity (Wildman–Crippen MR) is 109 cm³/mol. The summed E-state index contributed by atoms with van der Waals surface area (Å²) in [4.78, 5) is 16.5. The van der Waals surface area contributed by atoms with Crippen LogP contribution in [0.4, 0.5) is 5.69 Å². The van der Waals surface area contributed by atoms with Crippen molar-refractivity contribution in [1.29, 1.82) is 0 Å². The van der Waals surface area contributed by atoms with Gasteiger partial charge in [-0.05, 0) is 61.5 Å². The average molecular weight is 396 g/mol. The van der Waals surface area contributed by atoms with Gasteiger partial charge >= 0.3 is 5.97 Å². The first kappa shape index (κ1) is 19.5. The zero-order chi connectivity index (χ0) is 19.9. The van der Waals surface area contributed by atoms with Gasteiger partial charge in [0.1, 0.15) is 17.2 Å². The highest BCUT2D eigenvalue weighted by molar-refractivity contribution is 6.30. The lowest BCUT2D eigenvalue weighted by Gasteiger charge is -2.07. The fourth-order valence-electron chi connectivity index (χ4n) is 2.42. The molecule has 3 aromatic rings. The molecule has 0 spiro atoms. The van der Waals surface area contributed by atoms with Crippen LogP contribution in [-0.4, -0.2) is 23.9 Å². The minimum atomic E-state index is -0.525. The van der Waals surface area contributed by atoms with Gasteiger partial charge in [0.25, 0.3) is 0 Å². The quantitative estimate of drug-likeness (QED) is 0.344. The van der Waals surface area contributed by atoms with E-state index in [-0.39, 0.29) is 11.5 Å². The largest absolute Gasteiger partial charge is 0.507 e. The highest BCUT2D eigenvalue weighted by Crippen LogP contribution is 2.25. The SMILES string of the molecule is CCOc1ccc(C(=O)Oc2ccc(C=Nc3cccc(Cl)c3)c(O)c2)cc1. The molecule has 0 heterocycles. The van der Waals surface area contributed by atoms with Crippen LogP contribution in [0.15, 0.2) is 71.7 Å². The number of carbonyl (C=O) groups excluding carboxylic acids is 1. The first-order chi connectivity index (χ1) is 13.5. The summed E-state index contributed by atoms with van der Waals surface area (Å²) in [5.41, 5.74) is 1.54. The smallest absolute Gasteiger partial charge is 0.343 e. The van der Waals surface area contributed by atoms with Crippen molar-refractivity contribution in [3.63, 3.8) is 0 Å². The lowest BCUT2D eigenvalue weighted by atomic mass is 10.2. The van der Waals surface area contributed by atoms with E-state index < -0.39 is 5.97 Å². The normalized spacial score (nSPS) is 10.8. The number of carbonyl (C=O) groups is 1. The van der Waals surface area contributed by atoms with E-state index >= 15 is 0 Å². The molecule has 3 rings (SSSR count). The maximum Gasteiger partial charge on any atom is 0.343 e. The zero-order valence-electron chi connectivity index (χ0n) is 15.1. The molecule has 0 aliphatic rings. The number of esters is 1. The summed E-state index contributed by atoms with van der Waals surface area (Å²) in [5.74, 6) is 0.335. The second-order valence-corrected chi connectivity index (χ2v) is 6.24. The Bertz CT molecular complexity index is 1000. The Morgan fingerprint density at radius 1 is 1.07 bits per heavy atom. The number of phenols is 1. The van der Waals surface area contributed by atoms with Crippen molar-refractivity contribution in [3.05, 3.63) is 82.9 Å². The molecule has 0 amide bonds. The molecule has 5 nitrogen and oxygen atoms in total. The molecule has 0 saturated carbocycles. The Morgan fingerprint density at radius 3 is 2.50 bits per heavy atom. The van der Waals surface area contributed by atoms with Crippen LogP contribution in [0.25, 0.3) is 0 Å². The van der Waals surface area contributed by atoms with Crippen molar-refractivity contribution in [2.75, 3.05) is 6.61 Å². The molecule has 0 saturated heterocycles. The first-order valence-corrected chi connectivity index (χ1v) is 9.00. The number of aromatic hydroxyl groups is 1. The van der Waals surface area contributed by atoms with Crippen molar-refractivity contribution in [1.82, 2.24) is 0 Å². The van der Waals surface area contributed by atoms with Crippen LogP contribution in [0, 0.1) is 0 Å². The lowest BCUT2D eigenvalue weighted by Crippen LogP contribution is -2.08. The summed E-state index contributed by atoms with van der Waals surface area (Å²) in [6.07, 6.45) is 1.51. The second-order valence-electron chi connectivity index (χ2n) is 5.81. The fraction of sp³-hybridized carbons (Fsp3) is 0.0909. The number of benzene rings is 3. The minimum absolute atomic E-state index is 0.0530. The van der Waals surface area contributed by atoms with Crippen LogP contribution >= 0.6 is 11.6 Å². The Balaban J connectivity index is 1.68. The predicted octanol–water partition coefficient (Wildman–Crippen LogP) is 5.41. The van der Waals surface area contributed by atoms with Gasteiger partial charge in [-0.2, -0.15) is 0 Å². The fourth-order valence-corrected chi connectivity index (χ4v) is 2.60. The molecule has 3 aromatic carbocycles. The Labute approximate surface area is 167 Å². The van der Waals surface area contributed by atoms with Crippen molar-refractivity contribution in [3.8, 4) is 17.2 Å². The van der Waals surface area contributed by atoms with E-state index in [2.05, 4.69) is 4.99 Å². The number of rotatable bonds is 6. The minimum Gasteiger partial charge on any atom is -0.507 e. The number of ether oxygens (including phenoxy) is 2. The van der Waals surface area contributed by atoms with Gasteiger partial charge in [-0.3, -0.25) is 4.99 Å². The highest BCUT2D eigenvalue weighted by Gasteiger charge is 2.10. The third-order valence-electron chi connectivity index (χ3n) is 3.77. The van der Waals surface area contributed by atoms with Crippen molar-refractivity contribution >= 4 is 29.5 Å². The third-order valence-corrected chi connectivity index (χ3v) is 4.01. The molecular formula is C22H18ClNO4. The summed E-state index contributed by atoms with van der Waals surface area (Å²) in [6, 6.07) is 18.3. The van der Waals surface area contributed by atoms with E-state index in [4.69, 9.17) is 21.1 Å². The highest BCUT2D eigenvalue weighted by atomic mass is 35.5. The third kappa shape index (κ3) is 5.11. The van der Waals surface area contributed by atoms with E-state index in [0.717, 1.165) is 0 Å². The van der Waals surface area contributed by atoms with E-state index in [1.54, 1.807) is 60.7 Å². The molecule has 1 N–H and O–H groups in total. The van der Waals surface area contributed by atoms with Crippen molar-refractivity contribution in [2.45, 2.75) is 6.92 Å². The molecule has 0 aromatic heterocycles. The van der Waals surface area contributed by atoms with Crippen molar-refractivity contribution in [2.24, 2.45) is 4.99 Å². The van der Waals surface area contributed by atoms with E-state index in [1.165, 1.54) is 12.3 Å². The van der Waals surface area contributed by atoms with Crippen LogP contribution in [0.3, 0.4) is 0 Å². The van der Waals surface area contributed by atoms with Gasteiger partial charge in [-0.25, -0.2) is 4.79 Å². The molecule has 6 heteroatoms. The monoisotopic (exact) mass is 395 g/mol. The number of halogens is 1. The number of hydrogen-bond acceptors (Lipinski definition) is 5. The summed E-state index contributed by atoms with van der Waals surface area (Å²) >= 11 is 5.92. The Hall–Kier alpha value is -3.31. The standard InChI is InChI=1S/C22H18ClNO4/c1-2-27-19-9-6-15(7-10-19)22(26)28-20-11-8-16(21(25)13-20)14-24-18-5-3-4-17(23)12-18/h3-14,25H,2H2,1H3. The molecule has 0 aliphatic carbocycles. The van der Waals surface area contributed by atoms with Crippen LogP contribution in [-0.2, 0) is 0 Å². The Morgan fingerprint density at radius 2 is 1.82 bits per heavy atom. The maximum atomic E-state index is 12.2. The number of hydrogen-bond donors (Lipinski definition) is 1. The van der Waals surface area contributed by atoms with Gasteiger partial charge in [0.2, 0.25) is 0 Å². The average Bonchev–Trinajstić information content (AvgIpc) is 2.68. The van der Waals surface area contributed by atoms with Crippen molar-refractivity contribution < 1.29 is 19.4 Å². The topological polar surface area (TPSA) is 68.1 Å². The van der Waals surface area contributed by atoms with Crippen LogP contribution in [0.5, 0.6) is 17.2 Å². The summed E-state index contributed by atoms with van der Waals surface area (Å²) in [5, 5.41) is 10.8. The van der Waals surface area contributed by atoms with Gasteiger partial charge < -0.3 is 14.6 Å². The van der Waals surface area contributed by atoms with E-state index in [1.807, 2.05) is 6.92 Å². The van der Waals surface area contributed by atoms with E-state index in [9.17, 15) is 9.90 Å². The summed E-state index contributed by atoms with van der Waals surface area (Å²) < 4.78 is 10.7. The molecule has 28 heavy (non-hydrogen) atoms. The number of phenolic OH excluding ortho intramolecular Hbond substituents is 1.